The van der Waals surface area contributed by atoms with E-state index in [9.17, 15) is 33.2 Å². The molecule has 4 rings (SSSR count). The molecule has 8 unspecified atom stereocenters. The number of hydrogen-bond acceptors (Lipinski definition) is 6. The molecule has 2 bridgehead atoms. The van der Waals surface area contributed by atoms with Gasteiger partial charge in [0, 0.05) is 33.0 Å². The van der Waals surface area contributed by atoms with Crippen LogP contribution in [0, 0.1) is 40.4 Å². The van der Waals surface area contributed by atoms with Gasteiger partial charge >= 0.3 is 5.92 Å². The summed E-state index contributed by atoms with van der Waals surface area (Å²) in [5, 5.41) is 17.4. The number of nitrogens with zero attached hydrogens (tertiary/aromatic N) is 2. The highest BCUT2D eigenvalue weighted by Crippen LogP contribution is 2.54. The quantitative estimate of drug-likeness (QED) is 0.407. The van der Waals surface area contributed by atoms with E-state index in [2.05, 4.69) is 22.0 Å². The summed E-state index contributed by atoms with van der Waals surface area (Å²) in [5.41, 5.74) is -0.923. The van der Waals surface area contributed by atoms with Crippen LogP contribution in [0.1, 0.15) is 47.0 Å². The third-order valence-corrected chi connectivity index (χ3v) is 8.29. The minimum Gasteiger partial charge on any atom is -0.368 e. The lowest BCUT2D eigenvalue weighted by Crippen LogP contribution is -2.60. The van der Waals surface area contributed by atoms with Crippen molar-refractivity contribution in [3.05, 3.63) is 12.2 Å². The predicted octanol–water partition coefficient (Wildman–Crippen LogP) is 1.13. The fraction of sp³-hybridized carbons (Fsp3) is 0.741. The topological polar surface area (TPSA) is 141 Å². The van der Waals surface area contributed by atoms with Gasteiger partial charge in [-0.25, -0.2) is 0 Å². The van der Waals surface area contributed by atoms with Crippen LogP contribution in [-0.4, -0.2) is 78.4 Å². The van der Waals surface area contributed by atoms with Crippen molar-refractivity contribution in [2.45, 2.75) is 77.1 Å². The number of carbonyl (C=O) groups is 4. The first-order chi connectivity index (χ1) is 18.2. The number of nitrogens with one attached hydrogen (secondary N) is 3. The molecule has 12 heteroatoms. The molecule has 0 spiro atoms. The number of carbonyl (C=O) groups excluding carboxylic acids is 4. The summed E-state index contributed by atoms with van der Waals surface area (Å²) in [6.45, 7) is 6.48. The van der Waals surface area contributed by atoms with Crippen LogP contribution in [0.5, 0.6) is 0 Å². The Morgan fingerprint density at radius 1 is 1.21 bits per heavy atom. The Hall–Kier alpha value is -3.07. The molecule has 4 amide bonds. The maximum atomic E-state index is 13.9. The molecule has 0 radical (unpaired) electrons. The van der Waals surface area contributed by atoms with E-state index < -0.39 is 53.3 Å². The summed E-state index contributed by atoms with van der Waals surface area (Å²) in [7, 11) is 0. The van der Waals surface area contributed by atoms with Crippen LogP contribution in [0.4, 0.5) is 8.78 Å². The van der Waals surface area contributed by atoms with Gasteiger partial charge in [0.2, 0.25) is 17.7 Å². The first-order valence-corrected chi connectivity index (χ1v) is 13.5. The second kappa shape index (κ2) is 10.8. The fourth-order valence-corrected chi connectivity index (χ4v) is 6.34. The zero-order chi connectivity index (χ0) is 28.7. The summed E-state index contributed by atoms with van der Waals surface area (Å²) in [4.78, 5) is 53.6. The summed E-state index contributed by atoms with van der Waals surface area (Å²) in [6.07, 6.45) is 4.69. The van der Waals surface area contributed by atoms with E-state index in [4.69, 9.17) is 4.74 Å². The number of ether oxygens (including phenoxy) is 1. The molecular formula is C27H37F2N5O5. The molecule has 10 nitrogen and oxygen atoms in total. The van der Waals surface area contributed by atoms with E-state index in [-0.39, 0.29) is 42.5 Å². The van der Waals surface area contributed by atoms with Gasteiger partial charge in [0.1, 0.15) is 24.2 Å². The lowest BCUT2D eigenvalue weighted by molar-refractivity contribution is -0.151. The van der Waals surface area contributed by atoms with Crippen LogP contribution in [0.3, 0.4) is 0 Å². The third-order valence-electron chi connectivity index (χ3n) is 8.29. The van der Waals surface area contributed by atoms with Gasteiger partial charge in [0.15, 0.2) is 0 Å². The van der Waals surface area contributed by atoms with Crippen LogP contribution in [0.2, 0.25) is 0 Å². The van der Waals surface area contributed by atoms with Gasteiger partial charge in [-0.3, -0.25) is 19.2 Å². The molecule has 4 aliphatic rings. The van der Waals surface area contributed by atoms with E-state index >= 15 is 0 Å². The van der Waals surface area contributed by atoms with Crippen LogP contribution in [-0.2, 0) is 23.9 Å². The molecule has 2 aliphatic carbocycles. The van der Waals surface area contributed by atoms with Crippen LogP contribution < -0.4 is 16.0 Å². The van der Waals surface area contributed by atoms with E-state index in [0.29, 0.717) is 26.5 Å². The number of rotatable bonds is 7. The van der Waals surface area contributed by atoms with Crippen molar-refractivity contribution in [3.8, 4) is 6.07 Å². The minimum atomic E-state index is -3.68. The molecule has 39 heavy (non-hydrogen) atoms. The highest BCUT2D eigenvalue weighted by molar-refractivity contribution is 5.94. The number of halogens is 2. The molecule has 2 saturated heterocycles. The normalized spacial score (nSPS) is 31.5. The van der Waals surface area contributed by atoms with Crippen molar-refractivity contribution in [2.75, 3.05) is 19.7 Å². The molecule has 0 aromatic carbocycles. The zero-order valence-corrected chi connectivity index (χ0v) is 22.7. The molecule has 2 aliphatic heterocycles. The van der Waals surface area contributed by atoms with Gasteiger partial charge in [-0.1, -0.05) is 32.9 Å². The van der Waals surface area contributed by atoms with E-state index in [1.807, 2.05) is 12.1 Å². The molecule has 3 fully saturated rings. The van der Waals surface area contributed by atoms with Gasteiger partial charge in [-0.2, -0.15) is 14.0 Å². The van der Waals surface area contributed by atoms with Crippen molar-refractivity contribution in [3.63, 3.8) is 0 Å². The Morgan fingerprint density at radius 3 is 2.54 bits per heavy atom. The molecule has 214 valence electrons. The minimum absolute atomic E-state index is 0.000129. The van der Waals surface area contributed by atoms with Gasteiger partial charge in [-0.05, 0) is 41.9 Å². The van der Waals surface area contributed by atoms with E-state index in [1.54, 1.807) is 20.8 Å². The van der Waals surface area contributed by atoms with Gasteiger partial charge < -0.3 is 25.6 Å². The maximum Gasteiger partial charge on any atom is 0.321 e. The summed E-state index contributed by atoms with van der Waals surface area (Å²) in [5.74, 6) is -6.72. The number of likely N-dealkylation sites (tertiary alicyclic amines) is 1. The van der Waals surface area contributed by atoms with Gasteiger partial charge in [0.25, 0.3) is 5.91 Å². The van der Waals surface area contributed by atoms with Crippen molar-refractivity contribution in [1.29, 1.82) is 5.26 Å². The Bertz CT molecular complexity index is 1080. The highest BCUT2D eigenvalue weighted by Gasteiger charge is 2.59. The van der Waals surface area contributed by atoms with Crippen LogP contribution >= 0.6 is 0 Å². The number of fused-ring (bicyclic) bond motifs is 5. The molecule has 2 heterocycles. The van der Waals surface area contributed by atoms with Crippen molar-refractivity contribution in [1.82, 2.24) is 20.9 Å². The summed E-state index contributed by atoms with van der Waals surface area (Å²) >= 11 is 0. The number of alkyl halides is 2. The zero-order valence-electron chi connectivity index (χ0n) is 22.7. The molecule has 3 N–H and O–H groups in total. The average molecular weight is 550 g/mol. The molecule has 8 atom stereocenters. The Balaban J connectivity index is 1.57. The number of nitriles is 1. The predicted molar refractivity (Wildman–Crippen MR) is 135 cm³/mol. The second-order valence-electron chi connectivity index (χ2n) is 12.2. The molecule has 0 aromatic heterocycles. The fourth-order valence-electron chi connectivity index (χ4n) is 6.34. The van der Waals surface area contributed by atoms with Crippen molar-refractivity contribution < 1.29 is 32.7 Å². The van der Waals surface area contributed by atoms with E-state index in [1.165, 1.54) is 4.90 Å². The summed E-state index contributed by atoms with van der Waals surface area (Å²) in [6, 6.07) is -1.28. The Morgan fingerprint density at radius 2 is 1.90 bits per heavy atom. The van der Waals surface area contributed by atoms with Crippen molar-refractivity contribution in [2.24, 2.45) is 29.1 Å². The lowest BCUT2D eigenvalue weighted by atomic mass is 9.81. The second-order valence-corrected chi connectivity index (χ2v) is 12.2. The average Bonchev–Trinajstić information content (AvgIpc) is 3.52. The number of allylic oxidation sites excluding steroid dienone is 2. The number of hydrogen-bond donors (Lipinski definition) is 3. The van der Waals surface area contributed by atoms with Crippen LogP contribution in [0.25, 0.3) is 0 Å². The first kappa shape index (κ1) is 28.9. The third kappa shape index (κ3) is 5.93. The highest BCUT2D eigenvalue weighted by atomic mass is 19.3. The summed E-state index contributed by atoms with van der Waals surface area (Å²) < 4.78 is 33.1. The molecule has 0 aromatic rings. The first-order valence-electron chi connectivity index (χ1n) is 13.5. The molecule has 1 saturated carbocycles. The van der Waals surface area contributed by atoms with Gasteiger partial charge in [-0.15, -0.1) is 0 Å². The molecular weight excluding hydrogens is 512 g/mol. The van der Waals surface area contributed by atoms with Crippen LogP contribution in [0.15, 0.2) is 12.2 Å². The largest absolute Gasteiger partial charge is 0.368 e. The Kier molecular flexibility index (Phi) is 8.03. The maximum absolute atomic E-state index is 13.9. The Labute approximate surface area is 226 Å². The lowest BCUT2D eigenvalue weighted by Gasteiger charge is -2.37. The van der Waals surface area contributed by atoms with Crippen molar-refractivity contribution >= 4 is 23.6 Å². The SMILES string of the molecule is CC(F)(F)C(=O)NC(C(=O)N1CC2C3C=CC(C3)C2C1C(=O)NC(C#N)CC1OCCCNC1=O)C(C)(C)C. The number of amides is 4. The smallest absolute Gasteiger partial charge is 0.321 e. The van der Waals surface area contributed by atoms with Gasteiger partial charge in [0.05, 0.1) is 6.07 Å². The standard InChI is InChI=1S/C27H37F2N5O5/c1-26(2,3)21(33-25(38)27(4,28)29)24(37)34-13-17-14-6-7-15(10-14)19(17)20(34)23(36)32-16(12-30)11-18-22(35)31-8-5-9-39-18/h6-7,14-21H,5,8-11,13H2,1-4H3,(H,31,35)(H,32,36)(H,33,38). The van der Waals surface area contributed by atoms with E-state index in [0.717, 1.165) is 6.42 Å². The monoisotopic (exact) mass is 549 g/mol.